The van der Waals surface area contributed by atoms with Crippen LogP contribution in [0.2, 0.25) is 0 Å². The molecule has 0 fully saturated rings. The Morgan fingerprint density at radius 2 is 0.933 bits per heavy atom. The molecule has 5 aromatic heterocycles. The molecule has 6 aromatic rings. The summed E-state index contributed by atoms with van der Waals surface area (Å²) in [4.78, 5) is 21.9. The van der Waals surface area contributed by atoms with Crippen molar-refractivity contribution in [2.45, 2.75) is 101 Å². The third kappa shape index (κ3) is 9.71. The zero-order valence-corrected chi connectivity index (χ0v) is 30.6. The summed E-state index contributed by atoms with van der Waals surface area (Å²) in [6, 6.07) is 14.1. The van der Waals surface area contributed by atoms with E-state index in [1.165, 1.54) is 5.52 Å². The molecule has 0 saturated heterocycles. The van der Waals surface area contributed by atoms with Crippen LogP contribution in [-0.4, -0.2) is 38.6 Å². The first-order chi connectivity index (χ1) is 21.6. The monoisotopic (exact) mass is 614 g/mol. The van der Waals surface area contributed by atoms with Gasteiger partial charge in [-0.3, -0.25) is 4.98 Å². The summed E-state index contributed by atoms with van der Waals surface area (Å²) >= 11 is 0. The zero-order valence-electron chi connectivity index (χ0n) is 30.6. The van der Waals surface area contributed by atoms with Crippen molar-refractivity contribution in [1.29, 1.82) is 0 Å². The van der Waals surface area contributed by atoms with E-state index in [1.807, 2.05) is 86.0 Å². The Labute approximate surface area is 272 Å². The van der Waals surface area contributed by atoms with Gasteiger partial charge in [0.1, 0.15) is 28.5 Å². The minimum Gasteiger partial charge on any atom is -0.331 e. The highest BCUT2D eigenvalue weighted by Gasteiger charge is 2.11. The minimum atomic E-state index is 0.444. The van der Waals surface area contributed by atoms with Crippen LogP contribution >= 0.6 is 0 Å². The minimum absolute atomic E-state index is 0.444. The normalized spacial score (nSPS) is 10.3. The van der Waals surface area contributed by atoms with Gasteiger partial charge < -0.3 is 13.7 Å². The summed E-state index contributed by atoms with van der Waals surface area (Å²) in [5.41, 5.74) is 6.38. The van der Waals surface area contributed by atoms with E-state index in [4.69, 9.17) is 0 Å². The number of pyridine rings is 2. The molecular formula is C37H58N8. The van der Waals surface area contributed by atoms with Crippen molar-refractivity contribution in [1.82, 2.24) is 38.6 Å². The van der Waals surface area contributed by atoms with Gasteiger partial charge in [0.05, 0.1) is 22.7 Å². The van der Waals surface area contributed by atoms with E-state index in [0.717, 1.165) is 45.2 Å². The highest BCUT2D eigenvalue weighted by atomic mass is 15.1. The van der Waals surface area contributed by atoms with Crippen LogP contribution in [-0.2, 0) is 21.1 Å². The molecule has 0 bridgehead atoms. The van der Waals surface area contributed by atoms with Crippen LogP contribution in [0.5, 0.6) is 0 Å². The van der Waals surface area contributed by atoms with Crippen molar-refractivity contribution in [3.05, 3.63) is 78.5 Å². The largest absolute Gasteiger partial charge is 0.331 e. The van der Waals surface area contributed by atoms with Gasteiger partial charge in [-0.25, -0.2) is 19.9 Å². The number of hydrogen-bond acceptors (Lipinski definition) is 5. The van der Waals surface area contributed by atoms with Gasteiger partial charge >= 0.3 is 0 Å². The van der Waals surface area contributed by atoms with Gasteiger partial charge in [0.2, 0.25) is 0 Å². The van der Waals surface area contributed by atoms with Crippen LogP contribution in [0.4, 0.5) is 0 Å². The molecule has 0 aliphatic rings. The Balaban J connectivity index is 0.000000311. The van der Waals surface area contributed by atoms with Gasteiger partial charge in [0, 0.05) is 51.3 Å². The molecule has 8 heteroatoms. The molecule has 1 aromatic carbocycles. The van der Waals surface area contributed by atoms with Crippen LogP contribution in [0.1, 0.15) is 118 Å². The number of benzene rings is 1. The third-order valence-electron chi connectivity index (χ3n) is 6.75. The van der Waals surface area contributed by atoms with Crippen LogP contribution in [0.25, 0.3) is 33.2 Å². The van der Waals surface area contributed by atoms with E-state index in [2.05, 4.69) is 99.3 Å². The first-order valence-corrected chi connectivity index (χ1v) is 16.5. The quantitative estimate of drug-likeness (QED) is 0.198. The molecule has 0 aliphatic carbocycles. The topological polar surface area (TPSA) is 79.2 Å². The second-order valence-corrected chi connectivity index (χ2v) is 10.8. The number of rotatable bonds is 3. The summed E-state index contributed by atoms with van der Waals surface area (Å²) in [6.45, 7) is 24.9. The maximum Gasteiger partial charge on any atom is 0.159 e. The summed E-state index contributed by atoms with van der Waals surface area (Å²) in [7, 11) is 6.13. The predicted octanol–water partition coefficient (Wildman–Crippen LogP) is 9.96. The number of fused-ring (bicyclic) bond motifs is 3. The number of nitrogens with zero attached hydrogens (tertiary/aromatic N) is 8. The van der Waals surface area contributed by atoms with Crippen LogP contribution in [0.15, 0.2) is 61.1 Å². The third-order valence-corrected chi connectivity index (χ3v) is 6.75. The molecule has 45 heavy (non-hydrogen) atoms. The second-order valence-electron chi connectivity index (χ2n) is 10.8. The van der Waals surface area contributed by atoms with Gasteiger partial charge in [-0.2, -0.15) is 0 Å². The standard InChI is InChI=1S/C11H14N2.2C10H13N3.3C2H6/c1-8(2)11-12-9-6-4-5-7-10(9)13(11)3;1-7(2)10-12-8-6-11-5-4-9(8)13(10)3;1-7(2)9-12-8-5-4-6-11-10(8)13(9)3;3*1-2/h4-8H,1-3H3;2*4-7H,1-3H3;3*1-2H3. The molecule has 0 N–H and O–H groups in total. The van der Waals surface area contributed by atoms with Crippen molar-refractivity contribution < 1.29 is 0 Å². The number of imidazole rings is 3. The Kier molecular flexibility index (Phi) is 16.7. The average Bonchev–Trinajstić information content (AvgIpc) is 3.72. The van der Waals surface area contributed by atoms with Crippen molar-refractivity contribution in [3.63, 3.8) is 0 Å². The van der Waals surface area contributed by atoms with Crippen LogP contribution < -0.4 is 0 Å². The average molecular weight is 615 g/mol. The number of hydrogen-bond donors (Lipinski definition) is 0. The molecule has 246 valence electrons. The highest BCUT2D eigenvalue weighted by molar-refractivity contribution is 5.76. The van der Waals surface area contributed by atoms with E-state index in [9.17, 15) is 0 Å². The van der Waals surface area contributed by atoms with Gasteiger partial charge in [0.15, 0.2) is 5.65 Å². The molecular weight excluding hydrogens is 556 g/mol. The van der Waals surface area contributed by atoms with Crippen molar-refractivity contribution in [3.8, 4) is 0 Å². The Morgan fingerprint density at radius 1 is 0.489 bits per heavy atom. The molecule has 5 heterocycles. The molecule has 0 saturated carbocycles. The SMILES string of the molecule is CC.CC.CC.CC(C)c1nc2ccccc2n1C.CC(C)c1nc2cccnc2n1C.CC(C)c1nc2cnccc2n1C. The maximum atomic E-state index is 4.57. The van der Waals surface area contributed by atoms with Crippen molar-refractivity contribution >= 4 is 33.2 Å². The van der Waals surface area contributed by atoms with E-state index in [1.54, 1.807) is 18.6 Å². The lowest BCUT2D eigenvalue weighted by Crippen LogP contribution is -1.99. The first-order valence-electron chi connectivity index (χ1n) is 16.5. The molecule has 0 atom stereocenters. The lowest BCUT2D eigenvalue weighted by atomic mass is 10.2. The smallest absolute Gasteiger partial charge is 0.159 e. The molecule has 8 nitrogen and oxygen atoms in total. The van der Waals surface area contributed by atoms with Crippen molar-refractivity contribution in [2.24, 2.45) is 21.1 Å². The van der Waals surface area contributed by atoms with Gasteiger partial charge in [-0.15, -0.1) is 0 Å². The van der Waals surface area contributed by atoms with E-state index >= 15 is 0 Å². The van der Waals surface area contributed by atoms with Crippen LogP contribution in [0.3, 0.4) is 0 Å². The fourth-order valence-corrected chi connectivity index (χ4v) is 4.82. The lowest BCUT2D eigenvalue weighted by molar-refractivity contribution is 0.719. The summed E-state index contributed by atoms with van der Waals surface area (Å²) in [6.07, 6.45) is 5.41. The summed E-state index contributed by atoms with van der Waals surface area (Å²) < 4.78 is 6.35. The summed E-state index contributed by atoms with van der Waals surface area (Å²) in [5, 5.41) is 0. The molecule has 0 amide bonds. The van der Waals surface area contributed by atoms with E-state index in [0.29, 0.717) is 17.8 Å². The Morgan fingerprint density at radius 3 is 1.42 bits per heavy atom. The number of aryl methyl sites for hydroxylation is 3. The van der Waals surface area contributed by atoms with Gasteiger partial charge in [-0.1, -0.05) is 95.2 Å². The Bertz CT molecular complexity index is 1490. The lowest BCUT2D eigenvalue weighted by Gasteiger charge is -2.04. The molecule has 0 aliphatic heterocycles. The number of aromatic nitrogens is 8. The maximum absolute atomic E-state index is 4.57. The molecule has 0 spiro atoms. The number of para-hydroxylation sites is 2. The van der Waals surface area contributed by atoms with Gasteiger partial charge in [-0.05, 0) is 30.3 Å². The molecule has 0 radical (unpaired) electrons. The highest BCUT2D eigenvalue weighted by Crippen LogP contribution is 2.21. The van der Waals surface area contributed by atoms with E-state index < -0.39 is 0 Å². The second kappa shape index (κ2) is 19.3. The summed E-state index contributed by atoms with van der Waals surface area (Å²) in [5.74, 6) is 4.74. The van der Waals surface area contributed by atoms with Gasteiger partial charge in [0.25, 0.3) is 0 Å². The van der Waals surface area contributed by atoms with Crippen molar-refractivity contribution in [2.75, 3.05) is 0 Å². The Hall–Kier alpha value is -4.07. The molecule has 0 unspecified atom stereocenters. The fourth-order valence-electron chi connectivity index (χ4n) is 4.82. The zero-order chi connectivity index (χ0) is 34.3. The van der Waals surface area contributed by atoms with E-state index in [-0.39, 0.29) is 0 Å². The first kappa shape index (κ1) is 39.0. The fraction of sp³-hybridized carbons (Fsp3) is 0.486. The van der Waals surface area contributed by atoms with Crippen LogP contribution in [0, 0.1) is 0 Å². The molecule has 6 rings (SSSR count). The predicted molar refractivity (Wildman–Crippen MR) is 194 cm³/mol.